The molecule has 2 amide bonds. The van der Waals surface area contributed by atoms with E-state index >= 15 is 0 Å². The topological polar surface area (TPSA) is 95.4 Å². The number of carbonyl (C=O) groups excluding carboxylic acids is 2. The molecule has 1 aromatic carbocycles. The van der Waals surface area contributed by atoms with Crippen LogP contribution in [0.5, 0.6) is 11.5 Å². The Bertz CT molecular complexity index is 1220. The summed E-state index contributed by atoms with van der Waals surface area (Å²) >= 11 is 6.72. The van der Waals surface area contributed by atoms with Crippen molar-refractivity contribution in [1.29, 1.82) is 0 Å². The van der Waals surface area contributed by atoms with Gasteiger partial charge in [0.25, 0.3) is 5.91 Å². The number of halogens is 2. The molecule has 4 heterocycles. The van der Waals surface area contributed by atoms with Crippen LogP contribution in [0, 0.1) is 5.82 Å². The number of hydrogen-bond acceptors (Lipinski definition) is 7. The maximum Gasteiger partial charge on any atom is 0.261 e. The number of anilines is 1. The van der Waals surface area contributed by atoms with Gasteiger partial charge in [-0.3, -0.25) is 9.59 Å². The van der Waals surface area contributed by atoms with E-state index in [2.05, 4.69) is 11.6 Å². The zero-order chi connectivity index (χ0) is 25.6. The number of rotatable bonds is 3. The molecule has 0 saturated carbocycles. The van der Waals surface area contributed by atoms with Crippen molar-refractivity contribution >= 4 is 29.2 Å². The Labute approximate surface area is 212 Å². The fourth-order valence-electron chi connectivity index (χ4n) is 4.93. The van der Waals surface area contributed by atoms with Gasteiger partial charge in [0.2, 0.25) is 5.91 Å². The van der Waals surface area contributed by atoms with Crippen LogP contribution in [0.2, 0.25) is 5.02 Å². The fraction of sp³-hybridized carbons (Fsp3) is 0.400. The molecule has 9 nitrogen and oxygen atoms in total. The molecule has 0 aliphatic carbocycles. The first kappa shape index (κ1) is 24.3. The molecule has 2 atom stereocenters. The number of phenolic OH excluding ortho intramolecular Hbond substituents is 1. The van der Waals surface area contributed by atoms with Gasteiger partial charge in [-0.1, -0.05) is 24.2 Å². The van der Waals surface area contributed by atoms with E-state index in [9.17, 15) is 19.1 Å². The minimum atomic E-state index is -0.707. The second kappa shape index (κ2) is 9.59. The average Bonchev–Trinajstić information content (AvgIpc) is 3.01. The van der Waals surface area contributed by atoms with Crippen LogP contribution in [-0.2, 0) is 9.53 Å². The number of piperazine rings is 1. The molecule has 5 rings (SSSR count). The summed E-state index contributed by atoms with van der Waals surface area (Å²) in [5.41, 5.74) is -0.00963. The van der Waals surface area contributed by atoms with Crippen LogP contribution in [0.3, 0.4) is 0 Å². The van der Waals surface area contributed by atoms with Crippen molar-refractivity contribution in [3.63, 3.8) is 0 Å². The van der Waals surface area contributed by atoms with Crippen molar-refractivity contribution < 1.29 is 28.6 Å². The van der Waals surface area contributed by atoms with Gasteiger partial charge in [0, 0.05) is 32.7 Å². The highest BCUT2D eigenvalue weighted by Gasteiger charge is 2.41. The quantitative estimate of drug-likeness (QED) is 0.627. The highest BCUT2D eigenvalue weighted by molar-refractivity contribution is 6.35. The lowest BCUT2D eigenvalue weighted by molar-refractivity contribution is -0.128. The fourth-order valence-corrected chi connectivity index (χ4v) is 5.21. The number of aromatic hydroxyl groups is 1. The lowest BCUT2D eigenvalue weighted by Gasteiger charge is -2.40. The van der Waals surface area contributed by atoms with Gasteiger partial charge < -0.3 is 29.3 Å². The van der Waals surface area contributed by atoms with Gasteiger partial charge in [-0.2, -0.15) is 0 Å². The van der Waals surface area contributed by atoms with Crippen LogP contribution in [0.4, 0.5) is 10.2 Å². The first-order valence-electron chi connectivity index (χ1n) is 11.7. The van der Waals surface area contributed by atoms with Crippen LogP contribution < -0.4 is 9.64 Å². The number of ether oxygens (including phenoxy) is 2. The van der Waals surface area contributed by atoms with E-state index in [1.807, 2.05) is 11.8 Å². The summed E-state index contributed by atoms with van der Waals surface area (Å²) < 4.78 is 26.7. The summed E-state index contributed by atoms with van der Waals surface area (Å²) in [4.78, 5) is 36.0. The molecule has 0 bridgehead atoms. The molecule has 0 radical (unpaired) electrons. The first-order chi connectivity index (χ1) is 17.3. The third-order valence-corrected chi connectivity index (χ3v) is 7.06. The number of benzene rings is 1. The highest BCUT2D eigenvalue weighted by Crippen LogP contribution is 2.46. The van der Waals surface area contributed by atoms with Crippen LogP contribution in [0.15, 0.2) is 30.9 Å². The molecule has 36 heavy (non-hydrogen) atoms. The molecule has 2 fully saturated rings. The van der Waals surface area contributed by atoms with Gasteiger partial charge in [0.15, 0.2) is 5.75 Å². The molecule has 1 N–H and O–H groups in total. The second-order valence-corrected chi connectivity index (χ2v) is 9.39. The molecule has 1 aromatic heterocycles. The molecule has 0 spiro atoms. The number of amides is 2. The monoisotopic (exact) mass is 516 g/mol. The van der Waals surface area contributed by atoms with Crippen molar-refractivity contribution in [2.45, 2.75) is 19.1 Å². The summed E-state index contributed by atoms with van der Waals surface area (Å²) in [6, 6.07) is 3.51. The van der Waals surface area contributed by atoms with Crippen molar-refractivity contribution in [2.75, 3.05) is 50.8 Å². The van der Waals surface area contributed by atoms with Crippen LogP contribution >= 0.6 is 11.6 Å². The number of carbonyl (C=O) groups is 2. The lowest BCUT2D eigenvalue weighted by atomic mass is 10.0. The van der Waals surface area contributed by atoms with Crippen LogP contribution in [0.25, 0.3) is 11.3 Å². The lowest BCUT2D eigenvalue weighted by Crippen LogP contribution is -2.57. The van der Waals surface area contributed by atoms with Crippen LogP contribution in [-0.4, -0.2) is 89.8 Å². The van der Waals surface area contributed by atoms with E-state index in [0.29, 0.717) is 32.8 Å². The number of nitrogens with zero attached hydrogens (tertiary/aromatic N) is 4. The summed E-state index contributed by atoms with van der Waals surface area (Å²) in [5.74, 6) is -1.21. The minimum absolute atomic E-state index is 0.0173. The zero-order valence-corrected chi connectivity index (χ0v) is 20.5. The number of morpholine rings is 1. The van der Waals surface area contributed by atoms with E-state index < -0.39 is 11.9 Å². The summed E-state index contributed by atoms with van der Waals surface area (Å²) in [5, 5.41) is 10.4. The molecule has 3 aliphatic rings. The van der Waals surface area contributed by atoms with Gasteiger partial charge in [-0.15, -0.1) is 0 Å². The van der Waals surface area contributed by atoms with E-state index in [0.717, 1.165) is 0 Å². The number of phenols is 1. The van der Waals surface area contributed by atoms with Crippen molar-refractivity contribution in [1.82, 2.24) is 14.8 Å². The van der Waals surface area contributed by atoms with Gasteiger partial charge in [-0.05, 0) is 25.1 Å². The standard InChI is InChI=1S/C25H26ClFN4O5/c1-3-18(33)29-7-8-31-15(12-29)13-36-23-20(25(31)34)24(30-9-10-35-14(2)11-30)28-22(21(23)26)19-16(27)5-4-6-17(19)32/h3-6,14-15,32H,1,7-13H2,2H3/t14-,15-/m1/s1. The largest absolute Gasteiger partial charge is 0.507 e. The SMILES string of the molecule is C=CC(=O)N1CCN2C(=O)c3c(N4CCO[C@H](C)C4)nc(-c4c(O)cccc4F)c(Cl)c3OC[C@H]2C1. The molecular weight excluding hydrogens is 491 g/mol. The Morgan fingerprint density at radius 3 is 2.81 bits per heavy atom. The molecule has 2 aromatic rings. The Morgan fingerprint density at radius 1 is 1.28 bits per heavy atom. The maximum absolute atomic E-state index is 14.9. The summed E-state index contributed by atoms with van der Waals surface area (Å²) in [7, 11) is 0. The normalized spacial score (nSPS) is 21.9. The number of pyridine rings is 1. The Balaban J connectivity index is 1.66. The molecule has 3 aliphatic heterocycles. The Hall–Kier alpha value is -3.37. The van der Waals surface area contributed by atoms with Crippen LogP contribution in [0.1, 0.15) is 17.3 Å². The zero-order valence-electron chi connectivity index (χ0n) is 19.7. The number of aromatic nitrogens is 1. The third-order valence-electron chi connectivity index (χ3n) is 6.71. The predicted octanol–water partition coefficient (Wildman–Crippen LogP) is 2.70. The van der Waals surface area contributed by atoms with Gasteiger partial charge >= 0.3 is 0 Å². The van der Waals surface area contributed by atoms with Crippen molar-refractivity contribution in [2.24, 2.45) is 0 Å². The molecule has 190 valence electrons. The third kappa shape index (κ3) is 4.14. The van der Waals surface area contributed by atoms with Crippen molar-refractivity contribution in [3.8, 4) is 22.8 Å². The molecular formula is C25H26ClFN4O5. The Kier molecular flexibility index (Phi) is 6.48. The smallest absolute Gasteiger partial charge is 0.261 e. The highest BCUT2D eigenvalue weighted by atomic mass is 35.5. The van der Waals surface area contributed by atoms with Crippen molar-refractivity contribution in [3.05, 3.63) is 47.3 Å². The summed E-state index contributed by atoms with van der Waals surface area (Å²) in [6.45, 7) is 7.78. The Morgan fingerprint density at radius 2 is 2.08 bits per heavy atom. The van der Waals surface area contributed by atoms with E-state index in [-0.39, 0.29) is 70.2 Å². The van der Waals surface area contributed by atoms with E-state index in [1.165, 1.54) is 24.3 Å². The van der Waals surface area contributed by atoms with Gasteiger partial charge in [0.05, 0.1) is 24.3 Å². The first-order valence-corrected chi connectivity index (χ1v) is 12.1. The molecule has 11 heteroatoms. The van der Waals surface area contributed by atoms with E-state index in [4.69, 9.17) is 21.1 Å². The predicted molar refractivity (Wildman–Crippen MR) is 131 cm³/mol. The number of fused-ring (bicyclic) bond motifs is 2. The summed E-state index contributed by atoms with van der Waals surface area (Å²) in [6.07, 6.45) is 1.12. The molecule has 2 saturated heterocycles. The average molecular weight is 517 g/mol. The van der Waals surface area contributed by atoms with Gasteiger partial charge in [-0.25, -0.2) is 9.37 Å². The van der Waals surface area contributed by atoms with E-state index in [1.54, 1.807) is 9.80 Å². The number of hydrogen-bond donors (Lipinski definition) is 1. The minimum Gasteiger partial charge on any atom is -0.507 e. The second-order valence-electron chi connectivity index (χ2n) is 9.02. The molecule has 0 unspecified atom stereocenters. The maximum atomic E-state index is 14.9. The van der Waals surface area contributed by atoms with Gasteiger partial charge in [0.1, 0.15) is 40.3 Å².